The van der Waals surface area contributed by atoms with Gasteiger partial charge in [-0.2, -0.15) is 0 Å². The number of para-hydroxylation sites is 2. The maximum absolute atomic E-state index is 12.6. The Balaban J connectivity index is 1.72. The van der Waals surface area contributed by atoms with E-state index in [0.29, 0.717) is 27.1 Å². The molecule has 0 spiro atoms. The SMILES string of the molecule is COC(=O)c1sc(NC(=O)[C@@H]2CC(=O)N(c3ccccc3OC)C2)nc1C. The smallest absolute Gasteiger partial charge is 0.350 e. The highest BCUT2D eigenvalue weighted by Gasteiger charge is 2.36. The molecular weight excluding hydrogens is 370 g/mol. The Bertz CT molecular complexity index is 895. The first-order chi connectivity index (χ1) is 12.9. The summed E-state index contributed by atoms with van der Waals surface area (Å²) in [5, 5.41) is 3.00. The summed E-state index contributed by atoms with van der Waals surface area (Å²) in [6.07, 6.45) is 0.0953. The Hall–Kier alpha value is -2.94. The van der Waals surface area contributed by atoms with Crippen LogP contribution in [0.5, 0.6) is 5.75 Å². The minimum absolute atomic E-state index is 0.0953. The van der Waals surface area contributed by atoms with E-state index >= 15 is 0 Å². The Labute approximate surface area is 160 Å². The molecule has 142 valence electrons. The molecule has 3 rings (SSSR count). The lowest BCUT2D eigenvalue weighted by Crippen LogP contribution is -2.28. The number of amides is 2. The highest BCUT2D eigenvalue weighted by atomic mass is 32.1. The summed E-state index contributed by atoms with van der Waals surface area (Å²) >= 11 is 1.05. The van der Waals surface area contributed by atoms with Crippen LogP contribution >= 0.6 is 11.3 Å². The molecule has 0 saturated carbocycles. The van der Waals surface area contributed by atoms with E-state index in [-0.39, 0.29) is 24.8 Å². The summed E-state index contributed by atoms with van der Waals surface area (Å²) in [5.74, 6) is -0.904. The van der Waals surface area contributed by atoms with Crippen molar-refractivity contribution in [1.29, 1.82) is 0 Å². The number of aryl methyl sites for hydroxylation is 1. The van der Waals surface area contributed by atoms with E-state index in [9.17, 15) is 14.4 Å². The van der Waals surface area contributed by atoms with Crippen molar-refractivity contribution in [2.75, 3.05) is 31.0 Å². The van der Waals surface area contributed by atoms with Crippen LogP contribution in [0.2, 0.25) is 0 Å². The lowest BCUT2D eigenvalue weighted by atomic mass is 10.1. The molecule has 0 radical (unpaired) electrons. The Kier molecular flexibility index (Phi) is 5.41. The Morgan fingerprint density at radius 1 is 1.30 bits per heavy atom. The Morgan fingerprint density at radius 3 is 2.74 bits per heavy atom. The van der Waals surface area contributed by atoms with Crippen LogP contribution in [0.15, 0.2) is 24.3 Å². The third-order valence-electron chi connectivity index (χ3n) is 4.27. The largest absolute Gasteiger partial charge is 0.495 e. The number of methoxy groups -OCH3 is 2. The fourth-order valence-corrected chi connectivity index (χ4v) is 3.80. The number of hydrogen-bond acceptors (Lipinski definition) is 7. The highest BCUT2D eigenvalue weighted by Crippen LogP contribution is 2.33. The predicted molar refractivity (Wildman–Crippen MR) is 100 cm³/mol. The van der Waals surface area contributed by atoms with Crippen LogP contribution in [0.3, 0.4) is 0 Å². The number of nitrogens with one attached hydrogen (secondary N) is 1. The molecule has 1 aliphatic rings. The number of carbonyl (C=O) groups is 3. The summed E-state index contributed by atoms with van der Waals surface area (Å²) in [5.41, 5.74) is 1.12. The molecule has 1 N–H and O–H groups in total. The topological polar surface area (TPSA) is 97.8 Å². The standard InChI is InChI=1S/C18H19N3O5S/c1-10-15(17(24)26-3)27-18(19-10)20-16(23)11-8-14(22)21(9-11)12-6-4-5-7-13(12)25-2/h4-7,11H,8-9H2,1-3H3,(H,19,20,23)/t11-/m1/s1. The zero-order valence-electron chi connectivity index (χ0n) is 15.1. The lowest BCUT2D eigenvalue weighted by Gasteiger charge is -2.19. The number of esters is 1. The number of carbonyl (C=O) groups excluding carboxylic acids is 3. The third-order valence-corrected chi connectivity index (χ3v) is 5.32. The second kappa shape index (κ2) is 7.75. The molecule has 1 fully saturated rings. The summed E-state index contributed by atoms with van der Waals surface area (Å²) in [7, 11) is 2.82. The summed E-state index contributed by atoms with van der Waals surface area (Å²) in [6.45, 7) is 1.92. The van der Waals surface area contributed by atoms with Gasteiger partial charge in [0.2, 0.25) is 11.8 Å². The molecule has 9 heteroatoms. The van der Waals surface area contributed by atoms with Crippen LogP contribution in [-0.4, -0.2) is 43.5 Å². The first kappa shape index (κ1) is 18.8. The number of aromatic nitrogens is 1. The van der Waals surface area contributed by atoms with Gasteiger partial charge in [-0.1, -0.05) is 23.5 Å². The second-order valence-electron chi connectivity index (χ2n) is 5.99. The number of benzene rings is 1. The molecule has 2 amide bonds. The van der Waals surface area contributed by atoms with Gasteiger partial charge in [0.15, 0.2) is 5.13 Å². The molecule has 1 aliphatic heterocycles. The van der Waals surface area contributed by atoms with Gasteiger partial charge in [0.05, 0.1) is 31.5 Å². The van der Waals surface area contributed by atoms with Crippen LogP contribution in [0, 0.1) is 12.8 Å². The fraction of sp³-hybridized carbons (Fsp3) is 0.333. The number of rotatable bonds is 5. The van der Waals surface area contributed by atoms with E-state index in [4.69, 9.17) is 4.74 Å². The van der Waals surface area contributed by atoms with E-state index in [0.717, 1.165) is 11.3 Å². The molecule has 2 aromatic rings. The zero-order valence-corrected chi connectivity index (χ0v) is 16.0. The monoisotopic (exact) mass is 389 g/mol. The quantitative estimate of drug-likeness (QED) is 0.788. The van der Waals surface area contributed by atoms with Crippen LogP contribution in [0.4, 0.5) is 10.8 Å². The van der Waals surface area contributed by atoms with Gasteiger partial charge in [0.25, 0.3) is 0 Å². The van der Waals surface area contributed by atoms with Gasteiger partial charge in [-0.3, -0.25) is 9.59 Å². The lowest BCUT2D eigenvalue weighted by molar-refractivity contribution is -0.122. The summed E-state index contributed by atoms with van der Waals surface area (Å²) < 4.78 is 9.99. The normalized spacial score (nSPS) is 16.3. The van der Waals surface area contributed by atoms with Gasteiger partial charge >= 0.3 is 5.97 Å². The molecule has 0 unspecified atom stereocenters. The zero-order chi connectivity index (χ0) is 19.6. The molecule has 2 heterocycles. The highest BCUT2D eigenvalue weighted by molar-refractivity contribution is 7.17. The third kappa shape index (κ3) is 3.77. The van der Waals surface area contributed by atoms with Crippen molar-refractivity contribution < 1.29 is 23.9 Å². The van der Waals surface area contributed by atoms with E-state index in [1.54, 1.807) is 24.0 Å². The number of thiazole rings is 1. The molecule has 0 bridgehead atoms. The van der Waals surface area contributed by atoms with Gasteiger partial charge in [-0.15, -0.1) is 0 Å². The average Bonchev–Trinajstić information content (AvgIpc) is 3.23. The average molecular weight is 389 g/mol. The van der Waals surface area contributed by atoms with Gasteiger partial charge in [-0.05, 0) is 19.1 Å². The number of hydrogen-bond donors (Lipinski definition) is 1. The van der Waals surface area contributed by atoms with E-state index in [2.05, 4.69) is 15.0 Å². The number of ether oxygens (including phenoxy) is 2. The van der Waals surface area contributed by atoms with Gasteiger partial charge in [-0.25, -0.2) is 9.78 Å². The van der Waals surface area contributed by atoms with Crippen molar-refractivity contribution in [3.8, 4) is 5.75 Å². The Morgan fingerprint density at radius 2 is 2.04 bits per heavy atom. The maximum atomic E-state index is 12.6. The van der Waals surface area contributed by atoms with Gasteiger partial charge in [0, 0.05) is 13.0 Å². The first-order valence-electron chi connectivity index (χ1n) is 8.24. The van der Waals surface area contributed by atoms with Gasteiger partial charge < -0.3 is 19.7 Å². The van der Waals surface area contributed by atoms with Crippen molar-refractivity contribution in [2.45, 2.75) is 13.3 Å². The maximum Gasteiger partial charge on any atom is 0.350 e. The molecule has 1 saturated heterocycles. The predicted octanol–water partition coefficient (Wildman–Crippen LogP) is 2.24. The van der Waals surface area contributed by atoms with Crippen molar-refractivity contribution in [3.05, 3.63) is 34.8 Å². The molecule has 1 aromatic heterocycles. The number of anilines is 2. The van der Waals surface area contributed by atoms with Crippen LogP contribution in [-0.2, 0) is 14.3 Å². The summed E-state index contributed by atoms with van der Waals surface area (Å²) in [6, 6.07) is 7.18. The van der Waals surface area contributed by atoms with E-state index in [1.807, 2.05) is 12.1 Å². The van der Waals surface area contributed by atoms with E-state index in [1.165, 1.54) is 14.2 Å². The number of nitrogens with zero attached hydrogens (tertiary/aromatic N) is 2. The van der Waals surface area contributed by atoms with Gasteiger partial charge in [0.1, 0.15) is 10.6 Å². The minimum atomic E-state index is -0.520. The van der Waals surface area contributed by atoms with Crippen LogP contribution in [0.1, 0.15) is 21.8 Å². The van der Waals surface area contributed by atoms with E-state index < -0.39 is 11.9 Å². The molecule has 27 heavy (non-hydrogen) atoms. The van der Waals surface area contributed by atoms with Crippen molar-refractivity contribution in [1.82, 2.24) is 4.98 Å². The second-order valence-corrected chi connectivity index (χ2v) is 6.99. The van der Waals surface area contributed by atoms with Crippen molar-refractivity contribution >= 4 is 39.9 Å². The molecule has 1 atom stereocenters. The molecular formula is C18H19N3O5S. The minimum Gasteiger partial charge on any atom is -0.495 e. The molecule has 8 nitrogen and oxygen atoms in total. The molecule has 0 aliphatic carbocycles. The van der Waals surface area contributed by atoms with Crippen molar-refractivity contribution in [2.24, 2.45) is 5.92 Å². The summed E-state index contributed by atoms with van der Waals surface area (Å²) in [4.78, 5) is 42.7. The van der Waals surface area contributed by atoms with Crippen molar-refractivity contribution in [3.63, 3.8) is 0 Å². The fourth-order valence-electron chi connectivity index (χ4n) is 2.91. The van der Waals surface area contributed by atoms with Crippen LogP contribution < -0.4 is 15.0 Å². The molecule has 1 aromatic carbocycles. The van der Waals surface area contributed by atoms with Crippen LogP contribution in [0.25, 0.3) is 0 Å². The first-order valence-corrected chi connectivity index (χ1v) is 9.06.